The Balaban J connectivity index is 5.25. The van der Waals surface area contributed by atoms with Gasteiger partial charge in [0.25, 0.3) is 0 Å². The summed E-state index contributed by atoms with van der Waals surface area (Å²) in [4.78, 5) is 84.1. The van der Waals surface area contributed by atoms with E-state index in [4.69, 9.17) is 18.5 Å². The van der Waals surface area contributed by atoms with Gasteiger partial charge in [-0.2, -0.15) is 0 Å². The molecule has 64 heavy (non-hydrogen) atoms. The minimum absolute atomic E-state index is 0.00478. The molecule has 0 aromatic heterocycles. The number of quaternary nitrogens is 1. The molecule has 0 aromatic carbocycles. The molecule has 366 valence electrons. The summed E-state index contributed by atoms with van der Waals surface area (Å²) in [6.45, 7) is 6.30. The van der Waals surface area contributed by atoms with E-state index >= 15 is 0 Å². The van der Waals surface area contributed by atoms with Crippen LogP contribution in [-0.2, 0) is 51.9 Å². The average Bonchev–Trinajstić information content (AvgIpc) is 3.22. The van der Waals surface area contributed by atoms with E-state index in [0.29, 0.717) is 92.7 Å². The summed E-state index contributed by atoms with van der Waals surface area (Å²) < 4.78 is 34.1. The molecule has 0 rings (SSSR count). The SMILES string of the molecule is CCCCC/C(O)=C/CC(C=O)/C(=C\CCCCCC(=O)OC[C@H](COP(=O)(O)OCC[N+](C)(C)C)OC(=O)CCCCC/C=C(/C(C)=O)C(C=O)C/C=C(\O)CCCCC)C(C)=O. The number of phosphoric acid groups is 1. The first-order valence-electron chi connectivity index (χ1n) is 23.1. The van der Waals surface area contributed by atoms with Gasteiger partial charge in [-0.05, 0) is 90.2 Å². The average molecular weight is 927 g/mol. The number of allylic oxidation sites excluding steroid dienone is 8. The lowest BCUT2D eigenvalue weighted by atomic mass is 9.92. The fourth-order valence-electron chi connectivity index (χ4n) is 6.43. The molecule has 0 amide bonds. The Morgan fingerprint density at radius 3 is 1.48 bits per heavy atom. The number of carbonyl (C=O) groups excluding carboxylic acids is 6. The molecule has 0 heterocycles. The smallest absolute Gasteiger partial charge is 0.472 e. The van der Waals surface area contributed by atoms with Crippen LogP contribution in [0.3, 0.4) is 0 Å². The molecule has 0 spiro atoms. The number of aldehydes is 2. The summed E-state index contributed by atoms with van der Waals surface area (Å²) in [6.07, 6.45) is 18.5. The minimum atomic E-state index is -4.53. The highest BCUT2D eigenvalue weighted by atomic mass is 31.2. The highest BCUT2D eigenvalue weighted by Crippen LogP contribution is 2.43. The Hall–Kier alpha value is -3.75. The Labute approximate surface area is 382 Å². The number of rotatable bonds is 40. The molecule has 3 N–H and O–H groups in total. The zero-order valence-corrected chi connectivity index (χ0v) is 40.8. The second-order valence-corrected chi connectivity index (χ2v) is 18.8. The van der Waals surface area contributed by atoms with Gasteiger partial charge in [0.15, 0.2) is 17.7 Å². The summed E-state index contributed by atoms with van der Waals surface area (Å²) in [5, 5.41) is 20.3. The van der Waals surface area contributed by atoms with Gasteiger partial charge < -0.3 is 38.7 Å². The predicted molar refractivity (Wildman–Crippen MR) is 247 cm³/mol. The number of unbranched alkanes of at least 4 members (excludes halogenated alkanes) is 10. The third-order valence-electron chi connectivity index (χ3n) is 10.3. The summed E-state index contributed by atoms with van der Waals surface area (Å²) in [6, 6.07) is 0. The first kappa shape index (κ1) is 60.2. The first-order valence-corrected chi connectivity index (χ1v) is 24.6. The van der Waals surface area contributed by atoms with Crippen molar-refractivity contribution in [2.75, 3.05) is 47.5 Å². The molecule has 0 aliphatic heterocycles. The lowest BCUT2D eigenvalue weighted by Crippen LogP contribution is -2.37. The Kier molecular flexibility index (Phi) is 33.4. The number of carbonyl (C=O) groups is 6. The third kappa shape index (κ3) is 32.0. The molecule has 4 atom stereocenters. The largest absolute Gasteiger partial charge is 0.513 e. The van der Waals surface area contributed by atoms with Crippen LogP contribution in [0, 0.1) is 11.8 Å². The van der Waals surface area contributed by atoms with E-state index in [0.717, 1.165) is 44.8 Å². The number of likely N-dealkylation sites (N-methyl/N-ethyl adjacent to an activating group) is 1. The van der Waals surface area contributed by atoms with Crippen LogP contribution in [0.25, 0.3) is 0 Å². The van der Waals surface area contributed by atoms with Crippen LogP contribution in [0.4, 0.5) is 0 Å². The van der Waals surface area contributed by atoms with E-state index in [1.807, 2.05) is 21.1 Å². The molecule has 0 saturated heterocycles. The molecule has 3 unspecified atom stereocenters. The second-order valence-electron chi connectivity index (χ2n) is 17.3. The summed E-state index contributed by atoms with van der Waals surface area (Å²) in [7, 11) is 1.13. The van der Waals surface area contributed by atoms with Gasteiger partial charge in [-0.1, -0.05) is 64.5 Å². The highest BCUT2D eigenvalue weighted by molar-refractivity contribution is 7.47. The van der Waals surface area contributed by atoms with Crippen LogP contribution in [0.2, 0.25) is 0 Å². The van der Waals surface area contributed by atoms with Crippen LogP contribution in [0.5, 0.6) is 0 Å². The van der Waals surface area contributed by atoms with Gasteiger partial charge in [0.1, 0.15) is 32.3 Å². The van der Waals surface area contributed by atoms with E-state index in [2.05, 4.69) is 13.8 Å². The molecule has 16 heteroatoms. The number of phosphoric ester groups is 1. The Morgan fingerprint density at radius 2 is 1.06 bits per heavy atom. The Morgan fingerprint density at radius 1 is 0.609 bits per heavy atom. The van der Waals surface area contributed by atoms with Crippen molar-refractivity contribution in [1.82, 2.24) is 0 Å². The molecule has 0 bridgehead atoms. The van der Waals surface area contributed by atoms with Crippen molar-refractivity contribution >= 4 is 43.9 Å². The monoisotopic (exact) mass is 927 g/mol. The van der Waals surface area contributed by atoms with Crippen LogP contribution >= 0.6 is 7.82 Å². The first-order chi connectivity index (χ1) is 30.3. The summed E-state index contributed by atoms with van der Waals surface area (Å²) >= 11 is 0. The van der Waals surface area contributed by atoms with Gasteiger partial charge >= 0.3 is 19.8 Å². The van der Waals surface area contributed by atoms with E-state index in [-0.39, 0.29) is 55.4 Å². The standard InChI is InChI=1S/C48H80NO14P/c1-8-10-16-22-42(54)30-28-40(34-50)45(38(3)52)24-18-12-14-20-26-47(56)60-36-44(37-62-64(58,59)61-33-32-49(5,6)7)63-48(57)27-21-15-13-19-25-46(39(4)53)41(35-51)29-31-43(55)23-17-11-9-2/h24-25,30-31,34-35,40-41,44H,8-23,26-29,32-33,36-37H2,1-7H3,(H2-,54,55,58,59)/p+1/b42-30-,43-31-,45-24-,46-25-/t40?,41?,44-/m1/s1. The van der Waals surface area contributed by atoms with Crippen molar-refractivity contribution < 1.29 is 71.4 Å². The summed E-state index contributed by atoms with van der Waals surface area (Å²) in [5.41, 5.74) is 0.771. The van der Waals surface area contributed by atoms with Gasteiger partial charge in [-0.25, -0.2) is 4.57 Å². The van der Waals surface area contributed by atoms with Gasteiger partial charge in [0.05, 0.1) is 39.3 Å². The molecule has 0 radical (unpaired) electrons. The van der Waals surface area contributed by atoms with E-state index in [1.54, 1.807) is 24.3 Å². The maximum absolute atomic E-state index is 12.8. The number of esters is 2. The topological polar surface area (TPSA) is 217 Å². The molecule has 0 aliphatic rings. The van der Waals surface area contributed by atoms with Crippen LogP contribution in [-0.4, -0.2) is 109 Å². The van der Waals surface area contributed by atoms with Crippen molar-refractivity contribution in [2.45, 2.75) is 162 Å². The van der Waals surface area contributed by atoms with Gasteiger partial charge in [-0.15, -0.1) is 0 Å². The number of Topliss-reactive ketones (excluding diaryl/α,β-unsaturated/α-hetero) is 2. The Bertz CT molecular complexity index is 1580. The quantitative estimate of drug-likeness (QED) is 0.00992. The second kappa shape index (κ2) is 35.5. The molecule has 15 nitrogen and oxygen atoms in total. The van der Waals surface area contributed by atoms with Crippen molar-refractivity contribution in [2.24, 2.45) is 11.8 Å². The van der Waals surface area contributed by atoms with Crippen LogP contribution in [0.1, 0.15) is 156 Å². The number of ether oxygens (including phenoxy) is 2. The fraction of sp³-hybridized carbons (Fsp3) is 0.708. The third-order valence-corrected chi connectivity index (χ3v) is 11.3. The summed E-state index contributed by atoms with van der Waals surface area (Å²) in [5.74, 6) is -2.55. The molecular formula is C48H81NO14P+. The molecular weight excluding hydrogens is 845 g/mol. The van der Waals surface area contributed by atoms with Gasteiger partial charge in [-0.3, -0.25) is 28.2 Å². The number of hydrogen-bond acceptors (Lipinski definition) is 13. The lowest BCUT2D eigenvalue weighted by Gasteiger charge is -2.24. The van der Waals surface area contributed by atoms with Crippen molar-refractivity contribution in [3.63, 3.8) is 0 Å². The zero-order chi connectivity index (χ0) is 48.4. The normalized spacial score (nSPS) is 15.2. The zero-order valence-electron chi connectivity index (χ0n) is 39.9. The van der Waals surface area contributed by atoms with Gasteiger partial charge in [0.2, 0.25) is 0 Å². The van der Waals surface area contributed by atoms with E-state index in [1.165, 1.54) is 13.8 Å². The number of ketones is 2. The van der Waals surface area contributed by atoms with Gasteiger partial charge in [0, 0.05) is 48.7 Å². The van der Waals surface area contributed by atoms with Crippen molar-refractivity contribution in [1.29, 1.82) is 0 Å². The molecule has 0 aromatic rings. The van der Waals surface area contributed by atoms with E-state index < -0.39 is 50.9 Å². The van der Waals surface area contributed by atoms with Crippen LogP contribution < -0.4 is 0 Å². The number of aliphatic hydroxyl groups is 2. The van der Waals surface area contributed by atoms with Crippen molar-refractivity contribution in [3.05, 3.63) is 47.0 Å². The number of aliphatic hydroxyl groups excluding tert-OH is 2. The maximum atomic E-state index is 12.8. The minimum Gasteiger partial charge on any atom is -0.513 e. The fourth-order valence-corrected chi connectivity index (χ4v) is 7.17. The lowest BCUT2D eigenvalue weighted by molar-refractivity contribution is -0.870. The van der Waals surface area contributed by atoms with Crippen molar-refractivity contribution in [3.8, 4) is 0 Å². The number of nitrogens with zero attached hydrogens (tertiary/aromatic N) is 1. The van der Waals surface area contributed by atoms with E-state index in [9.17, 15) is 48.4 Å². The van der Waals surface area contributed by atoms with Crippen LogP contribution in [0.15, 0.2) is 47.0 Å². The number of hydrogen-bond donors (Lipinski definition) is 3. The highest BCUT2D eigenvalue weighted by Gasteiger charge is 2.27. The predicted octanol–water partition coefficient (Wildman–Crippen LogP) is 9.67. The maximum Gasteiger partial charge on any atom is 0.472 e. The molecule has 0 saturated carbocycles. The molecule has 0 fully saturated rings. The molecule has 0 aliphatic carbocycles.